The Morgan fingerprint density at radius 2 is 1.84 bits per heavy atom. The number of hydrogen-bond donors (Lipinski definition) is 1. The Kier molecular flexibility index (Phi) is 6.86. The van der Waals surface area contributed by atoms with Crippen LogP contribution in [0.3, 0.4) is 0 Å². The molecule has 6 nitrogen and oxygen atoms in total. The summed E-state index contributed by atoms with van der Waals surface area (Å²) in [6.07, 6.45) is 5.86. The maximum Gasteiger partial charge on any atom is 0.353 e. The molecule has 4 saturated carbocycles. The number of allylic oxidation sites excluding steroid dienone is 4. The first-order chi connectivity index (χ1) is 17.9. The molecule has 5 rings (SSSR count). The summed E-state index contributed by atoms with van der Waals surface area (Å²) in [7, 11) is 0. The molecule has 0 heterocycles. The number of esters is 2. The molecule has 38 heavy (non-hydrogen) atoms. The molecule has 0 aromatic rings. The first-order valence-corrected chi connectivity index (χ1v) is 14.2. The van der Waals surface area contributed by atoms with Crippen molar-refractivity contribution in [2.75, 3.05) is 6.86 Å². The maximum absolute atomic E-state index is 15.8. The Bertz CT molecular complexity index is 1090. The molecule has 9 heteroatoms. The Hall–Kier alpha value is -1.80. The number of alkyl halides is 3. The van der Waals surface area contributed by atoms with E-state index in [9.17, 15) is 23.9 Å². The van der Waals surface area contributed by atoms with Gasteiger partial charge in [0.25, 0.3) is 0 Å². The van der Waals surface area contributed by atoms with E-state index < -0.39 is 70.1 Å². The zero-order valence-electron chi connectivity index (χ0n) is 22.2. The van der Waals surface area contributed by atoms with E-state index in [1.54, 1.807) is 26.8 Å². The number of rotatable bonds is 4. The number of ether oxygens (including phenoxy) is 2. The monoisotopic (exact) mass is 554 g/mol. The van der Waals surface area contributed by atoms with Crippen LogP contribution in [0.4, 0.5) is 8.78 Å². The molecule has 0 aromatic carbocycles. The van der Waals surface area contributed by atoms with Gasteiger partial charge >= 0.3 is 11.9 Å². The van der Waals surface area contributed by atoms with Gasteiger partial charge in [-0.3, -0.25) is 9.59 Å². The lowest BCUT2D eigenvalue weighted by molar-refractivity contribution is -0.222. The van der Waals surface area contributed by atoms with Crippen LogP contribution in [0.5, 0.6) is 0 Å². The smallest absolute Gasteiger partial charge is 0.353 e. The standard InChI is InChI=1S/C29H37ClF2O6/c1-16-11-19-20-13-22(32)21-12-18(33)9-10-26(21,2)28(20,30)23(34)14-27(19,3)29(16,25(36)37-15-31)38-24(35)17-7-5-4-6-8-17/h9-10,12,16-17,19-20,22-23,34H,4-8,11,13-15H2,1-3H3/t16-,19+,20+,22+,23+,26+,27+,28+,29+/m1/s1. The quantitative estimate of drug-likeness (QED) is 0.382. The molecule has 210 valence electrons. The van der Waals surface area contributed by atoms with Crippen LogP contribution in [0.2, 0.25) is 0 Å². The van der Waals surface area contributed by atoms with E-state index >= 15 is 4.39 Å². The first kappa shape index (κ1) is 27.8. The molecule has 0 spiro atoms. The topological polar surface area (TPSA) is 89.9 Å². The number of fused-ring (bicyclic) bond motifs is 5. The van der Waals surface area contributed by atoms with Gasteiger partial charge in [-0.2, -0.15) is 0 Å². The second kappa shape index (κ2) is 9.39. The number of aliphatic hydroxyl groups is 1. The van der Waals surface area contributed by atoms with E-state index in [0.29, 0.717) is 19.3 Å². The largest absolute Gasteiger partial charge is 0.446 e. The van der Waals surface area contributed by atoms with Crippen molar-refractivity contribution < 1.29 is 37.7 Å². The predicted octanol–water partition coefficient (Wildman–Crippen LogP) is 5.15. The van der Waals surface area contributed by atoms with Crippen LogP contribution in [0.15, 0.2) is 23.8 Å². The highest BCUT2D eigenvalue weighted by molar-refractivity contribution is 6.26. The van der Waals surface area contributed by atoms with Crippen molar-refractivity contribution in [2.45, 2.75) is 94.9 Å². The van der Waals surface area contributed by atoms with Gasteiger partial charge < -0.3 is 14.6 Å². The molecule has 0 radical (unpaired) electrons. The van der Waals surface area contributed by atoms with Crippen molar-refractivity contribution in [3.05, 3.63) is 23.8 Å². The molecule has 5 aliphatic carbocycles. The van der Waals surface area contributed by atoms with E-state index in [1.165, 1.54) is 12.2 Å². The molecule has 0 unspecified atom stereocenters. The van der Waals surface area contributed by atoms with Gasteiger partial charge in [-0.1, -0.05) is 46.1 Å². The van der Waals surface area contributed by atoms with Gasteiger partial charge in [0.05, 0.1) is 16.9 Å². The fraction of sp³-hybridized carbons (Fsp3) is 0.759. The van der Waals surface area contributed by atoms with Gasteiger partial charge in [-0.25, -0.2) is 13.6 Å². The number of hydrogen-bond acceptors (Lipinski definition) is 6. The predicted molar refractivity (Wildman–Crippen MR) is 135 cm³/mol. The van der Waals surface area contributed by atoms with Crippen LogP contribution < -0.4 is 0 Å². The van der Waals surface area contributed by atoms with E-state index in [1.807, 2.05) is 0 Å². The van der Waals surface area contributed by atoms with Crippen molar-refractivity contribution in [1.82, 2.24) is 0 Å². The van der Waals surface area contributed by atoms with E-state index in [-0.39, 0.29) is 30.1 Å². The lowest BCUT2D eigenvalue weighted by Crippen LogP contribution is -2.70. The van der Waals surface area contributed by atoms with Crippen LogP contribution >= 0.6 is 11.6 Å². The van der Waals surface area contributed by atoms with Crippen molar-refractivity contribution in [1.29, 1.82) is 0 Å². The van der Waals surface area contributed by atoms with E-state index in [2.05, 4.69) is 0 Å². The average molecular weight is 555 g/mol. The van der Waals surface area contributed by atoms with Crippen LogP contribution in [-0.2, 0) is 23.9 Å². The molecular weight excluding hydrogens is 518 g/mol. The molecule has 0 aliphatic heterocycles. The molecule has 0 amide bonds. The second-order valence-electron chi connectivity index (χ2n) is 12.5. The maximum atomic E-state index is 15.8. The summed E-state index contributed by atoms with van der Waals surface area (Å²) in [6.45, 7) is 3.89. The summed E-state index contributed by atoms with van der Waals surface area (Å²) in [5.74, 6) is -3.82. The van der Waals surface area contributed by atoms with Gasteiger partial charge in [0.1, 0.15) is 6.17 Å². The van der Waals surface area contributed by atoms with Gasteiger partial charge in [0, 0.05) is 16.7 Å². The van der Waals surface area contributed by atoms with Crippen LogP contribution in [0.25, 0.3) is 0 Å². The van der Waals surface area contributed by atoms with Crippen LogP contribution in [0, 0.1) is 34.5 Å². The number of carbonyl (C=O) groups excluding carboxylic acids is 3. The van der Waals surface area contributed by atoms with Crippen molar-refractivity contribution in [2.24, 2.45) is 34.5 Å². The molecule has 0 aromatic heterocycles. The fourth-order valence-corrected chi connectivity index (χ4v) is 9.45. The lowest BCUT2D eigenvalue weighted by Gasteiger charge is -2.64. The highest BCUT2D eigenvalue weighted by Gasteiger charge is 2.78. The summed E-state index contributed by atoms with van der Waals surface area (Å²) in [6, 6.07) is 0. The first-order valence-electron chi connectivity index (χ1n) is 13.8. The Balaban J connectivity index is 1.59. The molecular formula is C29H37ClF2O6. The SMILES string of the molecule is C[C@@H]1C[C@H]2[C@@H]3C[C@H](F)C4=CC(=O)C=C[C@]4(C)[C@@]3(Cl)[C@@H](O)C[C@]2(C)[C@@]1(OC(=O)C1CCCCC1)C(=O)OCF. The Morgan fingerprint density at radius 3 is 2.50 bits per heavy atom. The van der Waals surface area contributed by atoms with Crippen LogP contribution in [-0.4, -0.2) is 52.4 Å². The Labute approximate surface area is 227 Å². The molecule has 0 saturated heterocycles. The molecule has 0 bridgehead atoms. The van der Waals surface area contributed by atoms with Gasteiger partial charge in [-0.05, 0) is 61.7 Å². The minimum Gasteiger partial charge on any atom is -0.446 e. The normalized spacial score (nSPS) is 46.4. The third-order valence-electron chi connectivity index (χ3n) is 10.9. The molecule has 1 N–H and O–H groups in total. The Morgan fingerprint density at radius 1 is 1.16 bits per heavy atom. The van der Waals surface area contributed by atoms with Crippen molar-refractivity contribution in [3.8, 4) is 0 Å². The van der Waals surface area contributed by atoms with E-state index in [4.69, 9.17) is 21.1 Å². The zero-order chi connectivity index (χ0) is 27.7. The molecule has 9 atom stereocenters. The summed E-state index contributed by atoms with van der Waals surface area (Å²) in [5.41, 5.74) is -3.93. The third kappa shape index (κ3) is 3.54. The summed E-state index contributed by atoms with van der Waals surface area (Å²) in [4.78, 5) is 37.8. The average Bonchev–Trinajstić information content (AvgIpc) is 3.10. The van der Waals surface area contributed by atoms with E-state index in [0.717, 1.165) is 19.3 Å². The molecule has 4 fully saturated rings. The third-order valence-corrected chi connectivity index (χ3v) is 11.8. The van der Waals surface area contributed by atoms with Crippen LogP contribution in [0.1, 0.15) is 72.1 Å². The highest BCUT2D eigenvalue weighted by atomic mass is 35.5. The minimum atomic E-state index is -1.85. The van der Waals surface area contributed by atoms with Gasteiger partial charge in [0.15, 0.2) is 5.78 Å². The summed E-state index contributed by atoms with van der Waals surface area (Å²) >= 11 is 7.39. The zero-order valence-corrected chi connectivity index (χ0v) is 22.9. The van der Waals surface area contributed by atoms with Gasteiger partial charge in [-0.15, -0.1) is 11.6 Å². The second-order valence-corrected chi connectivity index (χ2v) is 13.2. The summed E-state index contributed by atoms with van der Waals surface area (Å²) < 4.78 is 40.3. The summed E-state index contributed by atoms with van der Waals surface area (Å²) in [5, 5.41) is 11.8. The lowest BCUT2D eigenvalue weighted by atomic mass is 9.45. The number of carbonyl (C=O) groups is 3. The minimum absolute atomic E-state index is 0.0387. The van der Waals surface area contributed by atoms with Crippen molar-refractivity contribution >= 4 is 29.3 Å². The fourth-order valence-electron chi connectivity index (χ4n) is 8.95. The number of ketones is 1. The number of halogens is 3. The van der Waals surface area contributed by atoms with Crippen molar-refractivity contribution in [3.63, 3.8) is 0 Å². The van der Waals surface area contributed by atoms with Gasteiger partial charge in [0.2, 0.25) is 12.5 Å². The highest BCUT2D eigenvalue weighted by Crippen LogP contribution is 2.72. The molecule has 5 aliphatic rings. The number of aliphatic hydroxyl groups excluding tert-OH is 1.